The molecular formula is C28H44N10O2. The number of nitrogens with two attached hydrogens (primary N) is 1. The highest BCUT2D eigenvalue weighted by Crippen LogP contribution is 2.26. The number of amides is 1. The van der Waals surface area contributed by atoms with Gasteiger partial charge in [-0.25, -0.2) is 19.3 Å². The third-order valence-electron chi connectivity index (χ3n) is 7.68. The lowest BCUT2D eigenvalue weighted by molar-refractivity contribution is 0.148. The van der Waals surface area contributed by atoms with Gasteiger partial charge in [0.1, 0.15) is 5.82 Å². The topological polar surface area (TPSA) is 141 Å². The number of hydrogen-bond donors (Lipinski definition) is 3. The Bertz CT molecular complexity index is 1290. The van der Waals surface area contributed by atoms with Crippen LogP contribution in [0.2, 0.25) is 0 Å². The van der Waals surface area contributed by atoms with Crippen LogP contribution in [0.1, 0.15) is 56.4 Å². The Morgan fingerprint density at radius 1 is 1.23 bits per heavy atom. The van der Waals surface area contributed by atoms with E-state index in [9.17, 15) is 4.79 Å². The van der Waals surface area contributed by atoms with Gasteiger partial charge in [-0.2, -0.15) is 4.98 Å². The quantitative estimate of drug-likeness (QED) is 0.306. The predicted molar refractivity (Wildman–Crippen MR) is 158 cm³/mol. The van der Waals surface area contributed by atoms with E-state index < -0.39 is 6.09 Å². The van der Waals surface area contributed by atoms with E-state index in [1.54, 1.807) is 11.6 Å². The summed E-state index contributed by atoms with van der Waals surface area (Å²) in [4.78, 5) is 30.7. The van der Waals surface area contributed by atoms with Crippen LogP contribution in [0.4, 0.5) is 22.4 Å². The van der Waals surface area contributed by atoms with Crippen molar-refractivity contribution in [2.24, 2.45) is 5.92 Å². The van der Waals surface area contributed by atoms with Crippen molar-refractivity contribution in [2.45, 2.75) is 58.9 Å². The number of imidazole rings is 1. The molecule has 218 valence electrons. The molecule has 0 aromatic carbocycles. The lowest BCUT2D eigenvalue weighted by Gasteiger charge is -2.35. The van der Waals surface area contributed by atoms with E-state index >= 15 is 0 Å². The van der Waals surface area contributed by atoms with E-state index in [0.717, 1.165) is 74.5 Å². The first kappa shape index (κ1) is 29.3. The van der Waals surface area contributed by atoms with Crippen molar-refractivity contribution in [1.29, 1.82) is 0 Å². The maximum atomic E-state index is 11.0. The molecule has 4 heterocycles. The van der Waals surface area contributed by atoms with Crippen LogP contribution in [0.3, 0.4) is 0 Å². The van der Waals surface area contributed by atoms with Crippen molar-refractivity contribution in [1.82, 2.24) is 34.4 Å². The number of carboxylic acid groups (broad SMARTS) is 1. The number of aromatic nitrogens is 5. The monoisotopic (exact) mass is 552 g/mol. The summed E-state index contributed by atoms with van der Waals surface area (Å²) in [5, 5.41) is 17.1. The minimum atomic E-state index is -0.883. The number of pyridine rings is 1. The van der Waals surface area contributed by atoms with Gasteiger partial charge < -0.3 is 30.9 Å². The van der Waals surface area contributed by atoms with Crippen LogP contribution in [0.25, 0.3) is 5.65 Å². The first-order valence-electron chi connectivity index (χ1n) is 14.2. The Labute approximate surface area is 236 Å². The SMILES string of the molecule is CCC[C@H](C)Nc1nc(N)c2ncc(Cc3cnc(N4CCC(CN(C)CCN(C)C(=O)O)CC4)c(C)c3)n2n1. The van der Waals surface area contributed by atoms with Gasteiger partial charge >= 0.3 is 6.09 Å². The molecule has 4 N–H and O–H groups in total. The summed E-state index contributed by atoms with van der Waals surface area (Å²) in [5.74, 6) is 2.51. The largest absolute Gasteiger partial charge is 0.465 e. The fourth-order valence-electron chi connectivity index (χ4n) is 5.39. The van der Waals surface area contributed by atoms with E-state index in [1.165, 1.54) is 4.90 Å². The standard InChI is InChI=1S/C28H44N10O2/c1-6-7-20(3)32-27-33-24(29)26-31-17-23(38(26)34-27)15-22-14-19(2)25(30-16-22)37-10-8-21(9-11-37)18-35(4)12-13-36(5)28(39)40/h14,16-17,20-21H,6-13,15,18H2,1-5H3,(H,39,40)(H3,29,32,33,34)/t20-/m0/s1. The molecule has 1 aliphatic rings. The second-order valence-corrected chi connectivity index (χ2v) is 11.2. The van der Waals surface area contributed by atoms with Gasteiger partial charge in [-0.3, -0.25) is 0 Å². The smallest absolute Gasteiger partial charge is 0.407 e. The Morgan fingerprint density at radius 2 is 1.98 bits per heavy atom. The molecule has 3 aromatic heterocycles. The van der Waals surface area contributed by atoms with Crippen molar-refractivity contribution < 1.29 is 9.90 Å². The van der Waals surface area contributed by atoms with Crippen LogP contribution >= 0.6 is 0 Å². The van der Waals surface area contributed by atoms with Gasteiger partial charge in [-0.05, 0) is 57.2 Å². The Balaban J connectivity index is 1.36. The molecule has 0 spiro atoms. The highest BCUT2D eigenvalue weighted by molar-refractivity contribution is 5.64. The molecule has 0 radical (unpaired) electrons. The highest BCUT2D eigenvalue weighted by Gasteiger charge is 2.23. The van der Waals surface area contributed by atoms with Crippen LogP contribution in [0.5, 0.6) is 0 Å². The predicted octanol–water partition coefficient (Wildman–Crippen LogP) is 3.36. The van der Waals surface area contributed by atoms with Crippen molar-refractivity contribution in [3.63, 3.8) is 0 Å². The second-order valence-electron chi connectivity index (χ2n) is 11.2. The van der Waals surface area contributed by atoms with Gasteiger partial charge in [-0.1, -0.05) is 19.4 Å². The summed E-state index contributed by atoms with van der Waals surface area (Å²) < 4.78 is 1.79. The molecule has 0 saturated carbocycles. The molecular weight excluding hydrogens is 508 g/mol. The number of likely N-dealkylation sites (N-methyl/N-ethyl adjacent to an activating group) is 2. The van der Waals surface area contributed by atoms with Crippen LogP contribution in [0.15, 0.2) is 18.5 Å². The Hall–Kier alpha value is -3.67. The summed E-state index contributed by atoms with van der Waals surface area (Å²) in [6.07, 6.45) is 7.81. The van der Waals surface area contributed by atoms with Gasteiger partial charge in [-0.15, -0.1) is 5.10 Å². The number of carbonyl (C=O) groups is 1. The zero-order chi connectivity index (χ0) is 28.8. The second kappa shape index (κ2) is 13.1. The van der Waals surface area contributed by atoms with Crippen molar-refractivity contribution in [3.05, 3.63) is 35.3 Å². The minimum Gasteiger partial charge on any atom is -0.465 e. The molecule has 1 amide bonds. The molecule has 12 heteroatoms. The zero-order valence-corrected chi connectivity index (χ0v) is 24.5. The van der Waals surface area contributed by atoms with Crippen molar-refractivity contribution >= 4 is 29.3 Å². The van der Waals surface area contributed by atoms with E-state index in [0.29, 0.717) is 36.3 Å². The molecule has 1 saturated heterocycles. The van der Waals surface area contributed by atoms with Crippen molar-refractivity contribution in [2.75, 3.05) is 62.8 Å². The summed E-state index contributed by atoms with van der Waals surface area (Å²) in [6, 6.07) is 2.46. The zero-order valence-electron chi connectivity index (χ0n) is 24.5. The van der Waals surface area contributed by atoms with E-state index in [1.807, 2.05) is 12.4 Å². The number of nitrogens with one attached hydrogen (secondary N) is 1. The molecule has 1 aliphatic heterocycles. The summed E-state index contributed by atoms with van der Waals surface area (Å²) >= 11 is 0. The van der Waals surface area contributed by atoms with Gasteiger partial charge in [0, 0.05) is 58.4 Å². The first-order chi connectivity index (χ1) is 19.1. The lowest BCUT2D eigenvalue weighted by Crippen LogP contribution is -2.40. The summed E-state index contributed by atoms with van der Waals surface area (Å²) in [5.41, 5.74) is 9.94. The number of rotatable bonds is 12. The van der Waals surface area contributed by atoms with E-state index in [4.69, 9.17) is 15.8 Å². The number of hydrogen-bond acceptors (Lipinski definition) is 9. The molecule has 0 aliphatic carbocycles. The Morgan fingerprint density at radius 3 is 2.65 bits per heavy atom. The highest BCUT2D eigenvalue weighted by atomic mass is 16.4. The molecule has 3 aromatic rings. The normalized spacial score (nSPS) is 15.1. The molecule has 4 rings (SSSR count). The first-order valence-corrected chi connectivity index (χ1v) is 14.2. The maximum Gasteiger partial charge on any atom is 0.407 e. The minimum absolute atomic E-state index is 0.255. The van der Waals surface area contributed by atoms with E-state index in [-0.39, 0.29) is 6.04 Å². The molecule has 40 heavy (non-hydrogen) atoms. The molecule has 0 unspecified atom stereocenters. The molecule has 1 fully saturated rings. The van der Waals surface area contributed by atoms with Gasteiger partial charge in [0.05, 0.1) is 11.9 Å². The molecule has 0 bridgehead atoms. The van der Waals surface area contributed by atoms with Gasteiger partial charge in [0.2, 0.25) is 5.95 Å². The number of piperidine rings is 1. The van der Waals surface area contributed by atoms with Crippen LogP contribution < -0.4 is 16.0 Å². The number of nitrogen functional groups attached to an aromatic ring is 1. The lowest BCUT2D eigenvalue weighted by atomic mass is 9.96. The average Bonchev–Trinajstić information content (AvgIpc) is 3.31. The number of fused-ring (bicyclic) bond motifs is 1. The van der Waals surface area contributed by atoms with Crippen LogP contribution in [0, 0.1) is 12.8 Å². The van der Waals surface area contributed by atoms with Crippen LogP contribution in [-0.4, -0.2) is 98.4 Å². The maximum absolute atomic E-state index is 11.0. The molecule has 12 nitrogen and oxygen atoms in total. The number of nitrogens with zero attached hydrogens (tertiary/aromatic N) is 8. The van der Waals surface area contributed by atoms with E-state index in [2.05, 4.69) is 64.1 Å². The molecule has 1 atom stereocenters. The fraction of sp³-hybridized carbons (Fsp3) is 0.607. The van der Waals surface area contributed by atoms with Crippen LogP contribution in [-0.2, 0) is 6.42 Å². The third kappa shape index (κ3) is 7.29. The summed E-state index contributed by atoms with van der Waals surface area (Å²) in [6.45, 7) is 10.6. The fourth-order valence-corrected chi connectivity index (χ4v) is 5.39. The summed E-state index contributed by atoms with van der Waals surface area (Å²) in [7, 11) is 3.68. The number of anilines is 3. The number of aryl methyl sites for hydroxylation is 1. The average molecular weight is 553 g/mol. The van der Waals surface area contributed by atoms with Crippen molar-refractivity contribution in [3.8, 4) is 0 Å². The Kier molecular flexibility index (Phi) is 9.62. The van der Waals surface area contributed by atoms with Gasteiger partial charge in [0.15, 0.2) is 11.5 Å². The van der Waals surface area contributed by atoms with Gasteiger partial charge in [0.25, 0.3) is 0 Å². The third-order valence-corrected chi connectivity index (χ3v) is 7.68.